The van der Waals surface area contributed by atoms with Crippen molar-refractivity contribution in [2.45, 2.75) is 51.9 Å². The SMILES string of the molecule is CCCC12CC3CC(C1)C(=O)C(C3)C2. The highest BCUT2D eigenvalue weighted by Gasteiger charge is 2.54. The molecule has 4 aliphatic carbocycles. The van der Waals surface area contributed by atoms with Crippen LogP contribution in [0.15, 0.2) is 0 Å². The van der Waals surface area contributed by atoms with E-state index in [9.17, 15) is 4.79 Å². The summed E-state index contributed by atoms with van der Waals surface area (Å²) in [4.78, 5) is 11.9. The Kier molecular flexibility index (Phi) is 1.81. The van der Waals surface area contributed by atoms with Gasteiger partial charge in [-0.1, -0.05) is 13.3 Å². The maximum atomic E-state index is 11.9. The van der Waals surface area contributed by atoms with Crippen molar-refractivity contribution in [3.05, 3.63) is 0 Å². The molecule has 0 amide bonds. The fraction of sp³-hybridized carbons (Fsp3) is 0.923. The van der Waals surface area contributed by atoms with Crippen LogP contribution in [0.2, 0.25) is 0 Å². The van der Waals surface area contributed by atoms with Gasteiger partial charge in [-0.15, -0.1) is 0 Å². The van der Waals surface area contributed by atoms with Gasteiger partial charge in [-0.25, -0.2) is 0 Å². The first-order chi connectivity index (χ1) is 6.72. The monoisotopic (exact) mass is 192 g/mol. The van der Waals surface area contributed by atoms with Crippen molar-refractivity contribution in [3.63, 3.8) is 0 Å². The highest BCUT2D eigenvalue weighted by molar-refractivity contribution is 5.85. The molecule has 0 heterocycles. The summed E-state index contributed by atoms with van der Waals surface area (Å²) >= 11 is 0. The number of hydrogen-bond donors (Lipinski definition) is 0. The largest absolute Gasteiger partial charge is 0.299 e. The quantitative estimate of drug-likeness (QED) is 0.656. The van der Waals surface area contributed by atoms with Crippen LogP contribution < -0.4 is 0 Å². The van der Waals surface area contributed by atoms with E-state index in [1.165, 1.54) is 44.9 Å². The molecule has 0 aromatic carbocycles. The molecule has 0 N–H and O–H groups in total. The predicted molar refractivity (Wildman–Crippen MR) is 55.9 cm³/mol. The van der Waals surface area contributed by atoms with Crippen LogP contribution in [0.3, 0.4) is 0 Å². The van der Waals surface area contributed by atoms with Gasteiger partial charge in [0, 0.05) is 11.8 Å². The predicted octanol–water partition coefficient (Wildman–Crippen LogP) is 3.18. The van der Waals surface area contributed by atoms with Crippen LogP contribution in [0, 0.1) is 23.2 Å². The van der Waals surface area contributed by atoms with E-state index in [1.807, 2.05) is 0 Å². The third-order valence-electron chi connectivity index (χ3n) is 4.90. The smallest absolute Gasteiger partial charge is 0.139 e. The van der Waals surface area contributed by atoms with Crippen molar-refractivity contribution in [3.8, 4) is 0 Å². The maximum Gasteiger partial charge on any atom is 0.139 e. The van der Waals surface area contributed by atoms with E-state index in [0.29, 0.717) is 23.0 Å². The van der Waals surface area contributed by atoms with E-state index in [0.717, 1.165) is 5.92 Å². The molecule has 78 valence electrons. The summed E-state index contributed by atoms with van der Waals surface area (Å²) in [6.07, 6.45) is 9.09. The summed E-state index contributed by atoms with van der Waals surface area (Å²) < 4.78 is 0. The molecule has 0 radical (unpaired) electrons. The molecule has 4 rings (SSSR count). The van der Waals surface area contributed by atoms with Gasteiger partial charge in [-0.3, -0.25) is 4.79 Å². The summed E-state index contributed by atoms with van der Waals surface area (Å²) in [6.45, 7) is 2.29. The molecule has 2 unspecified atom stereocenters. The second-order valence-corrected chi connectivity index (χ2v) is 6.00. The van der Waals surface area contributed by atoms with Gasteiger partial charge in [-0.05, 0) is 49.9 Å². The lowest BCUT2D eigenvalue weighted by Crippen LogP contribution is -2.51. The summed E-state index contributed by atoms with van der Waals surface area (Å²) in [5.74, 6) is 2.50. The van der Waals surface area contributed by atoms with Crippen molar-refractivity contribution in [2.75, 3.05) is 0 Å². The first kappa shape index (κ1) is 8.94. The van der Waals surface area contributed by atoms with Crippen LogP contribution in [0.4, 0.5) is 0 Å². The van der Waals surface area contributed by atoms with E-state index in [4.69, 9.17) is 0 Å². The minimum absolute atomic E-state index is 0.479. The molecule has 1 heteroatoms. The molecule has 4 bridgehead atoms. The molecular formula is C13H20O. The highest BCUT2D eigenvalue weighted by Crippen LogP contribution is 2.60. The van der Waals surface area contributed by atoms with Crippen LogP contribution in [0.5, 0.6) is 0 Å². The second kappa shape index (κ2) is 2.84. The van der Waals surface area contributed by atoms with Gasteiger partial charge in [0.1, 0.15) is 5.78 Å². The van der Waals surface area contributed by atoms with E-state index >= 15 is 0 Å². The zero-order chi connectivity index (χ0) is 9.76. The van der Waals surface area contributed by atoms with Crippen molar-refractivity contribution in [2.24, 2.45) is 23.2 Å². The number of rotatable bonds is 2. The van der Waals surface area contributed by atoms with Gasteiger partial charge in [0.2, 0.25) is 0 Å². The number of carbonyl (C=O) groups excluding carboxylic acids is 1. The summed E-state index contributed by atoms with van der Waals surface area (Å²) in [7, 11) is 0. The fourth-order valence-corrected chi connectivity index (χ4v) is 4.75. The molecule has 1 nitrogen and oxygen atoms in total. The lowest BCUT2D eigenvalue weighted by molar-refractivity contribution is -0.148. The van der Waals surface area contributed by atoms with Crippen LogP contribution in [0.1, 0.15) is 51.9 Å². The molecule has 0 aliphatic heterocycles. The first-order valence-electron chi connectivity index (χ1n) is 6.26. The molecular weight excluding hydrogens is 172 g/mol. The second-order valence-electron chi connectivity index (χ2n) is 6.00. The average Bonchev–Trinajstić information content (AvgIpc) is 2.12. The minimum atomic E-state index is 0.479. The number of Topliss-reactive ketones (excluding diaryl/α,β-unsaturated/α-hetero) is 1. The van der Waals surface area contributed by atoms with Crippen LogP contribution in [-0.4, -0.2) is 5.78 Å². The Balaban J connectivity index is 1.88. The van der Waals surface area contributed by atoms with Crippen molar-refractivity contribution < 1.29 is 4.79 Å². The van der Waals surface area contributed by atoms with Gasteiger partial charge in [-0.2, -0.15) is 0 Å². The normalized spacial score (nSPS) is 50.1. The number of ketones is 1. The van der Waals surface area contributed by atoms with Gasteiger partial charge in [0.25, 0.3) is 0 Å². The zero-order valence-electron chi connectivity index (χ0n) is 9.09. The standard InChI is InChI=1S/C13H20O/c1-2-3-13-6-9-4-10(7-13)12(14)11(5-9)8-13/h9-11H,2-8H2,1H3. The minimum Gasteiger partial charge on any atom is -0.299 e. The molecule has 4 aliphatic rings. The molecule has 14 heavy (non-hydrogen) atoms. The van der Waals surface area contributed by atoms with Crippen molar-refractivity contribution >= 4 is 5.78 Å². The van der Waals surface area contributed by atoms with Crippen molar-refractivity contribution in [1.82, 2.24) is 0 Å². The lowest BCUT2D eigenvalue weighted by Gasteiger charge is -2.56. The molecule has 4 saturated carbocycles. The number of hydrogen-bond acceptors (Lipinski definition) is 1. The molecule has 0 saturated heterocycles. The van der Waals surface area contributed by atoms with Gasteiger partial charge < -0.3 is 0 Å². The molecule has 0 spiro atoms. The highest BCUT2D eigenvalue weighted by atomic mass is 16.1. The first-order valence-corrected chi connectivity index (χ1v) is 6.26. The molecule has 2 atom stereocenters. The summed E-state index contributed by atoms with van der Waals surface area (Å²) in [5, 5.41) is 0. The van der Waals surface area contributed by atoms with Crippen LogP contribution in [-0.2, 0) is 4.79 Å². The van der Waals surface area contributed by atoms with Crippen LogP contribution >= 0.6 is 0 Å². The molecule has 4 fully saturated rings. The maximum absolute atomic E-state index is 11.9. The topological polar surface area (TPSA) is 17.1 Å². The Labute approximate surface area is 86.3 Å². The Morgan fingerprint density at radius 2 is 1.86 bits per heavy atom. The van der Waals surface area contributed by atoms with E-state index < -0.39 is 0 Å². The summed E-state index contributed by atoms with van der Waals surface area (Å²) in [5.41, 5.74) is 0.610. The van der Waals surface area contributed by atoms with E-state index in [-0.39, 0.29) is 0 Å². The Morgan fingerprint density at radius 1 is 1.21 bits per heavy atom. The lowest BCUT2D eigenvalue weighted by atomic mass is 9.48. The van der Waals surface area contributed by atoms with E-state index in [2.05, 4.69) is 6.92 Å². The van der Waals surface area contributed by atoms with E-state index in [1.54, 1.807) is 0 Å². The van der Waals surface area contributed by atoms with Crippen LogP contribution in [0.25, 0.3) is 0 Å². The Hall–Kier alpha value is -0.330. The fourth-order valence-electron chi connectivity index (χ4n) is 4.75. The third kappa shape index (κ3) is 1.11. The Bertz CT molecular complexity index is 250. The Morgan fingerprint density at radius 3 is 2.43 bits per heavy atom. The third-order valence-corrected chi connectivity index (χ3v) is 4.90. The summed E-state index contributed by atoms with van der Waals surface area (Å²) in [6, 6.07) is 0. The van der Waals surface area contributed by atoms with Gasteiger partial charge in [0.05, 0.1) is 0 Å². The van der Waals surface area contributed by atoms with Gasteiger partial charge >= 0.3 is 0 Å². The molecule has 0 aromatic rings. The van der Waals surface area contributed by atoms with Gasteiger partial charge in [0.15, 0.2) is 0 Å². The number of carbonyl (C=O) groups is 1. The average molecular weight is 192 g/mol. The molecule has 0 aromatic heterocycles. The zero-order valence-corrected chi connectivity index (χ0v) is 9.09. The van der Waals surface area contributed by atoms with Crippen molar-refractivity contribution in [1.29, 1.82) is 0 Å².